The summed E-state index contributed by atoms with van der Waals surface area (Å²) in [6, 6.07) is 17.5. The van der Waals surface area contributed by atoms with E-state index in [0.29, 0.717) is 19.6 Å². The Morgan fingerprint density at radius 2 is 1.84 bits per heavy atom. The molecule has 3 rings (SSSR count). The molecule has 0 aliphatic carbocycles. The Morgan fingerprint density at radius 3 is 2.55 bits per heavy atom. The number of carbonyl (C=O) groups is 1. The maximum atomic E-state index is 12.2. The second kappa shape index (κ2) is 13.7. The van der Waals surface area contributed by atoms with E-state index in [1.54, 1.807) is 6.33 Å². The van der Waals surface area contributed by atoms with Gasteiger partial charge in [0.05, 0.1) is 24.7 Å². The highest BCUT2D eigenvalue weighted by Crippen LogP contribution is 2.11. The van der Waals surface area contributed by atoms with Gasteiger partial charge in [-0.3, -0.25) is 4.79 Å². The van der Waals surface area contributed by atoms with Gasteiger partial charge in [-0.25, -0.2) is 4.98 Å². The lowest BCUT2D eigenvalue weighted by Gasteiger charge is -2.11. The molecule has 0 spiro atoms. The number of nitrogens with one attached hydrogen (secondary N) is 1. The van der Waals surface area contributed by atoms with Crippen LogP contribution in [-0.4, -0.2) is 34.7 Å². The van der Waals surface area contributed by atoms with Crippen LogP contribution < -0.4 is 15.8 Å². The Balaban J connectivity index is 0.00000240. The van der Waals surface area contributed by atoms with Crippen molar-refractivity contribution in [1.82, 2.24) is 14.9 Å². The first-order valence-electron chi connectivity index (χ1n) is 9.87. The zero-order valence-corrected chi connectivity index (χ0v) is 19.2. The summed E-state index contributed by atoms with van der Waals surface area (Å²) in [5, 5.41) is 2.87. The summed E-state index contributed by atoms with van der Waals surface area (Å²) in [4.78, 5) is 16.6. The molecule has 2 aromatic carbocycles. The number of amides is 1. The molecule has 0 saturated carbocycles. The number of hydrogen-bond acceptors (Lipinski definition) is 4. The van der Waals surface area contributed by atoms with Gasteiger partial charge < -0.3 is 20.4 Å². The molecule has 0 unspecified atom stereocenters. The molecule has 1 heterocycles. The Morgan fingerprint density at radius 1 is 1.13 bits per heavy atom. The van der Waals surface area contributed by atoms with E-state index in [4.69, 9.17) is 10.5 Å². The molecule has 0 bridgehead atoms. The van der Waals surface area contributed by atoms with Gasteiger partial charge in [-0.1, -0.05) is 48.0 Å². The molecule has 6 nitrogen and oxygen atoms in total. The van der Waals surface area contributed by atoms with Crippen LogP contribution in [0.4, 0.5) is 0 Å². The summed E-state index contributed by atoms with van der Waals surface area (Å²) in [6.07, 6.45) is 4.84. The Kier molecular flexibility index (Phi) is 11.7. The highest BCUT2D eigenvalue weighted by molar-refractivity contribution is 5.85. The molecule has 1 atom stereocenters. The average molecular weight is 465 g/mol. The van der Waals surface area contributed by atoms with Gasteiger partial charge in [-0.2, -0.15) is 0 Å². The summed E-state index contributed by atoms with van der Waals surface area (Å²) < 4.78 is 7.65. The number of ether oxygens (including phenoxy) is 1. The number of halogens is 2. The average Bonchev–Trinajstić information content (AvgIpc) is 3.16. The van der Waals surface area contributed by atoms with E-state index < -0.39 is 6.04 Å². The van der Waals surface area contributed by atoms with Gasteiger partial charge in [0.25, 0.3) is 0 Å². The zero-order valence-electron chi connectivity index (χ0n) is 17.6. The summed E-state index contributed by atoms with van der Waals surface area (Å²) >= 11 is 0. The van der Waals surface area contributed by atoms with Crippen molar-refractivity contribution in [3.8, 4) is 5.75 Å². The number of hydrogen-bond donors (Lipinski definition) is 2. The Bertz CT molecular complexity index is 901. The zero-order chi connectivity index (χ0) is 20.5. The second-order valence-electron chi connectivity index (χ2n) is 7.14. The van der Waals surface area contributed by atoms with Crippen molar-refractivity contribution >= 4 is 30.7 Å². The SMILES string of the molecule is Cc1ccc(OCCCNC(=O)[C@@H](N)Cc2cn(Cc3ccccc3)cn2)cc1.Cl.Cl. The van der Waals surface area contributed by atoms with E-state index in [9.17, 15) is 4.79 Å². The predicted molar refractivity (Wildman–Crippen MR) is 128 cm³/mol. The van der Waals surface area contributed by atoms with Gasteiger partial charge in [0.1, 0.15) is 5.75 Å². The Labute approximate surface area is 196 Å². The number of nitrogens with zero attached hydrogens (tertiary/aromatic N) is 2. The van der Waals surface area contributed by atoms with Crippen LogP contribution in [0.15, 0.2) is 67.1 Å². The normalized spacial score (nSPS) is 11.0. The van der Waals surface area contributed by atoms with Gasteiger partial charge in [-0.05, 0) is 31.0 Å². The fraction of sp³-hybridized carbons (Fsp3) is 0.304. The number of benzene rings is 2. The van der Waals surface area contributed by atoms with Crippen LogP contribution in [0.2, 0.25) is 0 Å². The summed E-state index contributed by atoms with van der Waals surface area (Å²) in [5.74, 6) is 0.669. The van der Waals surface area contributed by atoms with Crippen molar-refractivity contribution in [2.45, 2.75) is 32.4 Å². The number of aromatic nitrogens is 2. The summed E-state index contributed by atoms with van der Waals surface area (Å²) in [7, 11) is 0. The lowest BCUT2D eigenvalue weighted by Crippen LogP contribution is -2.42. The molecule has 0 radical (unpaired) electrons. The molecule has 0 fully saturated rings. The fourth-order valence-corrected chi connectivity index (χ4v) is 2.95. The molecule has 3 N–H and O–H groups in total. The fourth-order valence-electron chi connectivity index (χ4n) is 2.95. The maximum absolute atomic E-state index is 12.2. The quantitative estimate of drug-likeness (QED) is 0.449. The van der Waals surface area contributed by atoms with E-state index in [-0.39, 0.29) is 30.7 Å². The lowest BCUT2D eigenvalue weighted by molar-refractivity contribution is -0.122. The maximum Gasteiger partial charge on any atom is 0.237 e. The van der Waals surface area contributed by atoms with E-state index in [2.05, 4.69) is 22.4 Å². The van der Waals surface area contributed by atoms with Crippen molar-refractivity contribution < 1.29 is 9.53 Å². The van der Waals surface area contributed by atoms with Crippen molar-refractivity contribution in [2.24, 2.45) is 5.73 Å². The van der Waals surface area contributed by atoms with E-state index >= 15 is 0 Å². The molecule has 0 aliphatic rings. The van der Waals surface area contributed by atoms with Crippen LogP contribution in [0, 0.1) is 6.92 Å². The molecule has 1 aromatic heterocycles. The number of rotatable bonds is 10. The molecular weight excluding hydrogens is 435 g/mol. The van der Waals surface area contributed by atoms with Crippen molar-refractivity contribution in [3.63, 3.8) is 0 Å². The van der Waals surface area contributed by atoms with Crippen molar-refractivity contribution in [2.75, 3.05) is 13.2 Å². The smallest absolute Gasteiger partial charge is 0.237 e. The van der Waals surface area contributed by atoms with Crippen LogP contribution in [0.5, 0.6) is 5.75 Å². The minimum Gasteiger partial charge on any atom is -0.494 e. The third-order valence-electron chi connectivity index (χ3n) is 4.57. The molecule has 8 heteroatoms. The lowest BCUT2D eigenvalue weighted by atomic mass is 10.1. The molecular formula is C23H30Cl2N4O2. The molecule has 168 valence electrons. The molecule has 0 aliphatic heterocycles. The van der Waals surface area contributed by atoms with E-state index in [1.807, 2.05) is 60.2 Å². The minimum atomic E-state index is -0.618. The van der Waals surface area contributed by atoms with Crippen LogP contribution in [0.25, 0.3) is 0 Å². The molecule has 31 heavy (non-hydrogen) atoms. The van der Waals surface area contributed by atoms with Gasteiger partial charge in [-0.15, -0.1) is 24.8 Å². The second-order valence-corrected chi connectivity index (χ2v) is 7.14. The van der Waals surface area contributed by atoms with Crippen LogP contribution in [0.1, 0.15) is 23.2 Å². The number of imidazole rings is 1. The number of nitrogens with two attached hydrogens (primary N) is 1. The van der Waals surface area contributed by atoms with Crippen molar-refractivity contribution in [1.29, 1.82) is 0 Å². The first-order valence-corrected chi connectivity index (χ1v) is 9.87. The summed E-state index contributed by atoms with van der Waals surface area (Å²) in [5.41, 5.74) is 9.25. The third kappa shape index (κ3) is 9.00. The molecule has 3 aromatic rings. The predicted octanol–water partition coefficient (Wildman–Crippen LogP) is 3.54. The van der Waals surface area contributed by atoms with E-state index in [1.165, 1.54) is 11.1 Å². The van der Waals surface area contributed by atoms with Crippen LogP contribution in [0.3, 0.4) is 0 Å². The molecule has 0 saturated heterocycles. The number of aryl methyl sites for hydroxylation is 1. The monoisotopic (exact) mass is 464 g/mol. The van der Waals surface area contributed by atoms with Crippen molar-refractivity contribution in [3.05, 3.63) is 83.9 Å². The van der Waals surface area contributed by atoms with Crippen LogP contribution in [-0.2, 0) is 17.8 Å². The van der Waals surface area contributed by atoms with Gasteiger partial charge >= 0.3 is 0 Å². The van der Waals surface area contributed by atoms with Gasteiger partial charge in [0.2, 0.25) is 5.91 Å². The first kappa shape index (κ1) is 26.5. The largest absolute Gasteiger partial charge is 0.494 e. The topological polar surface area (TPSA) is 82.2 Å². The highest BCUT2D eigenvalue weighted by atomic mass is 35.5. The highest BCUT2D eigenvalue weighted by Gasteiger charge is 2.15. The first-order chi connectivity index (χ1) is 14.1. The third-order valence-corrected chi connectivity index (χ3v) is 4.57. The Hall–Kier alpha value is -2.54. The van der Waals surface area contributed by atoms with Crippen LogP contribution >= 0.6 is 24.8 Å². The number of carbonyl (C=O) groups excluding carboxylic acids is 1. The van der Waals surface area contributed by atoms with Gasteiger partial charge in [0.15, 0.2) is 0 Å². The minimum absolute atomic E-state index is 0. The molecule has 1 amide bonds. The van der Waals surface area contributed by atoms with Gasteiger partial charge in [0, 0.05) is 25.7 Å². The standard InChI is InChI=1S/C23H28N4O2.2ClH/c1-18-8-10-21(11-9-18)29-13-5-12-25-23(28)22(24)14-20-16-27(17-26-20)15-19-6-3-2-4-7-19;;/h2-4,6-11,16-17,22H,5,12-15,24H2,1H3,(H,25,28);2*1H/t22-;;/m0../s1. The van der Waals surface area contributed by atoms with E-state index in [0.717, 1.165) is 24.4 Å². The summed E-state index contributed by atoms with van der Waals surface area (Å²) in [6.45, 7) is 3.86.